The molecule has 1 fully saturated rings. The molecule has 0 aromatic heterocycles. The molecule has 0 aliphatic carbocycles. The Morgan fingerprint density at radius 3 is 2.45 bits per heavy atom. The van der Waals surface area contributed by atoms with Gasteiger partial charge in [-0.3, -0.25) is 4.79 Å². The molecule has 1 heterocycles. The molecule has 0 radical (unpaired) electrons. The minimum absolute atomic E-state index is 0.197. The minimum Gasteiger partial charge on any atom is -0.458 e. The average Bonchev–Trinajstić information content (AvgIpc) is 2.37. The predicted molar refractivity (Wildman–Crippen MR) is 75.8 cm³/mol. The summed E-state index contributed by atoms with van der Waals surface area (Å²) in [6.45, 7) is 12.7. The quantitative estimate of drug-likeness (QED) is 0.342. The fourth-order valence-electron chi connectivity index (χ4n) is 1.79. The first kappa shape index (κ1) is 16.2. The zero-order valence-corrected chi connectivity index (χ0v) is 12.2. The van der Waals surface area contributed by atoms with Gasteiger partial charge >= 0.3 is 5.97 Å². The summed E-state index contributed by atoms with van der Waals surface area (Å²) in [5.74, 6) is 4.31. The van der Waals surface area contributed by atoms with Crippen molar-refractivity contribution in [1.29, 1.82) is 0 Å². The predicted octanol–water partition coefficient (Wildman–Crippen LogP) is 2.05. The number of hydrogen-bond donors (Lipinski definition) is 0. The molecule has 1 aliphatic rings. The monoisotopic (exact) mass is 276 g/mol. The highest BCUT2D eigenvalue weighted by atomic mass is 16.6. The molecule has 108 valence electrons. The number of carbonyl (C=O) groups excluding carboxylic acids is 2. The van der Waals surface area contributed by atoms with E-state index in [0.29, 0.717) is 24.2 Å². The molecule has 1 rings (SSSR count). The van der Waals surface area contributed by atoms with Crippen molar-refractivity contribution in [3.8, 4) is 11.8 Å². The van der Waals surface area contributed by atoms with Gasteiger partial charge in [0.05, 0.1) is 18.6 Å². The van der Waals surface area contributed by atoms with Crippen LogP contribution in [0.1, 0.15) is 27.2 Å². The topological polar surface area (TPSA) is 52.6 Å². The lowest BCUT2D eigenvalue weighted by Crippen LogP contribution is -2.40. The van der Waals surface area contributed by atoms with Gasteiger partial charge in [-0.2, -0.15) is 0 Å². The van der Waals surface area contributed by atoms with Crippen LogP contribution in [-0.2, 0) is 19.1 Å². The van der Waals surface area contributed by atoms with E-state index in [2.05, 4.69) is 25.0 Å². The molecule has 4 nitrogen and oxygen atoms in total. The summed E-state index contributed by atoms with van der Waals surface area (Å²) in [6.07, 6.45) is -0.0188. The third-order valence-corrected chi connectivity index (χ3v) is 3.04. The van der Waals surface area contributed by atoms with Crippen molar-refractivity contribution in [2.45, 2.75) is 39.4 Å². The standard InChI is InChI=1S/C16H20O4/c1-10(2)14(17)7-6-13-12(5)19-9-8-15(13)20-16(18)11(3)4/h12-13,15H,1,3,8-9H2,2,4-5H3/t12?,13-,15-/m1/s1. The molecule has 0 spiro atoms. The number of allylic oxidation sites excluding steroid dienone is 1. The number of rotatable bonds is 3. The number of hydrogen-bond acceptors (Lipinski definition) is 4. The smallest absolute Gasteiger partial charge is 0.333 e. The summed E-state index contributed by atoms with van der Waals surface area (Å²) in [7, 11) is 0. The van der Waals surface area contributed by atoms with E-state index in [0.717, 1.165) is 0 Å². The molecule has 20 heavy (non-hydrogen) atoms. The van der Waals surface area contributed by atoms with Crippen molar-refractivity contribution in [3.05, 3.63) is 24.3 Å². The number of esters is 1. The van der Waals surface area contributed by atoms with Gasteiger partial charge in [-0.15, -0.1) is 0 Å². The van der Waals surface area contributed by atoms with Crippen LogP contribution < -0.4 is 0 Å². The van der Waals surface area contributed by atoms with Gasteiger partial charge in [0, 0.05) is 12.0 Å². The molecule has 0 amide bonds. The zero-order valence-electron chi connectivity index (χ0n) is 12.2. The third-order valence-electron chi connectivity index (χ3n) is 3.04. The van der Waals surface area contributed by atoms with Crippen molar-refractivity contribution in [2.75, 3.05) is 6.61 Å². The van der Waals surface area contributed by atoms with Gasteiger partial charge < -0.3 is 9.47 Å². The maximum atomic E-state index is 11.6. The molecule has 1 saturated heterocycles. The van der Waals surface area contributed by atoms with E-state index in [1.54, 1.807) is 13.8 Å². The third kappa shape index (κ3) is 4.36. The Hall–Kier alpha value is -1.86. The van der Waals surface area contributed by atoms with Crippen LogP contribution >= 0.6 is 0 Å². The Balaban J connectivity index is 2.85. The van der Waals surface area contributed by atoms with Gasteiger partial charge in [-0.1, -0.05) is 19.1 Å². The van der Waals surface area contributed by atoms with E-state index in [9.17, 15) is 9.59 Å². The summed E-state index contributed by atoms with van der Waals surface area (Å²) < 4.78 is 10.9. The fraction of sp³-hybridized carbons (Fsp3) is 0.500. The highest BCUT2D eigenvalue weighted by molar-refractivity contribution is 6.07. The van der Waals surface area contributed by atoms with Crippen LogP contribution in [0, 0.1) is 17.8 Å². The maximum Gasteiger partial charge on any atom is 0.333 e. The second kappa shape index (κ2) is 7.06. The lowest BCUT2D eigenvalue weighted by Gasteiger charge is -2.32. The summed E-state index contributed by atoms with van der Waals surface area (Å²) in [4.78, 5) is 23.1. The number of ether oxygens (including phenoxy) is 2. The molecule has 4 heteroatoms. The second-order valence-electron chi connectivity index (χ2n) is 4.99. The van der Waals surface area contributed by atoms with Crippen LogP contribution in [0.3, 0.4) is 0 Å². The van der Waals surface area contributed by atoms with Gasteiger partial charge in [0.15, 0.2) is 0 Å². The van der Waals surface area contributed by atoms with Gasteiger partial charge in [0.2, 0.25) is 5.78 Å². The Morgan fingerprint density at radius 2 is 1.90 bits per heavy atom. The van der Waals surface area contributed by atoms with Crippen LogP contribution in [0.25, 0.3) is 0 Å². The maximum absolute atomic E-state index is 11.6. The van der Waals surface area contributed by atoms with E-state index in [4.69, 9.17) is 9.47 Å². The molecule has 1 aliphatic heterocycles. The van der Waals surface area contributed by atoms with Gasteiger partial charge in [0.25, 0.3) is 0 Å². The number of carbonyl (C=O) groups is 2. The van der Waals surface area contributed by atoms with Crippen molar-refractivity contribution in [2.24, 2.45) is 5.92 Å². The van der Waals surface area contributed by atoms with Crippen molar-refractivity contribution >= 4 is 11.8 Å². The SMILES string of the molecule is C=C(C)C(=O)C#C[C@@H]1C(C)OCC[C@H]1OC(=O)C(=C)C. The van der Waals surface area contributed by atoms with Crippen LogP contribution in [0.5, 0.6) is 0 Å². The molecular weight excluding hydrogens is 256 g/mol. The normalized spacial score (nSPS) is 25.1. The lowest BCUT2D eigenvalue weighted by atomic mass is 9.92. The van der Waals surface area contributed by atoms with Gasteiger partial charge in [0.1, 0.15) is 6.10 Å². The number of ketones is 1. The Kier molecular flexibility index (Phi) is 5.72. The van der Waals surface area contributed by atoms with Crippen LogP contribution in [0.15, 0.2) is 24.3 Å². The van der Waals surface area contributed by atoms with Crippen LogP contribution in [-0.4, -0.2) is 30.6 Å². The molecule has 1 unspecified atom stereocenters. The first-order valence-electron chi connectivity index (χ1n) is 6.52. The molecule has 0 bridgehead atoms. The Labute approximate surface area is 119 Å². The first-order chi connectivity index (χ1) is 9.32. The average molecular weight is 276 g/mol. The largest absolute Gasteiger partial charge is 0.458 e. The molecule has 0 aromatic rings. The first-order valence-corrected chi connectivity index (χ1v) is 6.52. The highest BCUT2D eigenvalue weighted by Gasteiger charge is 2.33. The van der Waals surface area contributed by atoms with E-state index in [-0.39, 0.29) is 23.9 Å². The number of Topliss-reactive ketones (excluding diaryl/α,β-unsaturated/α-hetero) is 1. The molecule has 0 aromatic carbocycles. The molecule has 3 atom stereocenters. The van der Waals surface area contributed by atoms with E-state index < -0.39 is 5.97 Å². The fourth-order valence-corrected chi connectivity index (χ4v) is 1.79. The molecule has 0 N–H and O–H groups in total. The van der Waals surface area contributed by atoms with Crippen molar-refractivity contribution in [3.63, 3.8) is 0 Å². The van der Waals surface area contributed by atoms with Crippen LogP contribution in [0.2, 0.25) is 0 Å². The van der Waals surface area contributed by atoms with Crippen molar-refractivity contribution in [1.82, 2.24) is 0 Å². The Morgan fingerprint density at radius 1 is 1.25 bits per heavy atom. The molecule has 0 saturated carbocycles. The highest BCUT2D eigenvalue weighted by Crippen LogP contribution is 2.24. The van der Waals surface area contributed by atoms with E-state index in [1.807, 2.05) is 6.92 Å². The molecular formula is C16H20O4. The summed E-state index contributed by atoms with van der Waals surface area (Å²) >= 11 is 0. The van der Waals surface area contributed by atoms with Crippen LogP contribution in [0.4, 0.5) is 0 Å². The second-order valence-corrected chi connectivity index (χ2v) is 4.99. The van der Waals surface area contributed by atoms with E-state index >= 15 is 0 Å². The lowest BCUT2D eigenvalue weighted by molar-refractivity contribution is -0.155. The summed E-state index contributed by atoms with van der Waals surface area (Å²) in [6, 6.07) is 0. The zero-order chi connectivity index (χ0) is 15.3. The van der Waals surface area contributed by atoms with Gasteiger partial charge in [-0.05, 0) is 32.3 Å². The van der Waals surface area contributed by atoms with Crippen molar-refractivity contribution < 1.29 is 19.1 Å². The summed E-state index contributed by atoms with van der Waals surface area (Å²) in [5, 5.41) is 0. The summed E-state index contributed by atoms with van der Waals surface area (Å²) in [5.41, 5.74) is 0.728. The van der Waals surface area contributed by atoms with Gasteiger partial charge in [-0.25, -0.2) is 4.79 Å². The Bertz CT molecular complexity index is 492. The minimum atomic E-state index is -0.442. The van der Waals surface area contributed by atoms with E-state index in [1.165, 1.54) is 0 Å².